The first-order valence-electron chi connectivity index (χ1n) is 10.3. The first-order chi connectivity index (χ1) is 16.6. The number of para-hydroxylation sites is 3. The summed E-state index contributed by atoms with van der Waals surface area (Å²) in [4.78, 5) is 28.8. The van der Waals surface area contributed by atoms with Gasteiger partial charge in [0.2, 0.25) is 5.91 Å². The van der Waals surface area contributed by atoms with Crippen LogP contribution in [-0.4, -0.2) is 29.1 Å². The van der Waals surface area contributed by atoms with Gasteiger partial charge in [-0.3, -0.25) is 4.79 Å². The normalized spacial score (nSPS) is 10.4. The summed E-state index contributed by atoms with van der Waals surface area (Å²) in [6, 6.07) is 22.9. The number of nitrogens with one attached hydrogen (secondary N) is 1. The van der Waals surface area contributed by atoms with Crippen molar-refractivity contribution in [2.75, 3.05) is 12.4 Å². The summed E-state index contributed by atoms with van der Waals surface area (Å²) in [7, 11) is 1.52. The molecule has 0 atom stereocenters. The van der Waals surface area contributed by atoms with E-state index in [1.165, 1.54) is 7.11 Å². The molecular formula is C25H21N3O6. The molecule has 0 saturated carbocycles. The van der Waals surface area contributed by atoms with E-state index < -0.39 is 5.97 Å². The molecule has 0 unspecified atom stereocenters. The summed E-state index contributed by atoms with van der Waals surface area (Å²) in [5.74, 6) is 1.01. The van der Waals surface area contributed by atoms with Gasteiger partial charge in [-0.15, -0.1) is 0 Å². The standard InChI is InChI=1S/C25H21N3O6/c1-31-21-13-6-5-12-20(21)26-23(29)15-22-27-24(34-28-22)16-32-25(30)17-8-7-11-19(14-17)33-18-9-3-2-4-10-18/h2-14H,15-16H2,1H3,(H,26,29). The Balaban J connectivity index is 1.30. The van der Waals surface area contributed by atoms with E-state index in [1.54, 1.807) is 48.5 Å². The third-order valence-electron chi connectivity index (χ3n) is 4.59. The number of aromatic nitrogens is 2. The van der Waals surface area contributed by atoms with Crippen LogP contribution in [0.25, 0.3) is 0 Å². The van der Waals surface area contributed by atoms with E-state index in [0.29, 0.717) is 28.5 Å². The molecule has 172 valence electrons. The molecule has 34 heavy (non-hydrogen) atoms. The van der Waals surface area contributed by atoms with Gasteiger partial charge in [-0.2, -0.15) is 4.98 Å². The number of methoxy groups -OCH3 is 1. The molecular weight excluding hydrogens is 438 g/mol. The van der Waals surface area contributed by atoms with E-state index in [4.69, 9.17) is 18.7 Å². The van der Waals surface area contributed by atoms with E-state index in [0.717, 1.165) is 0 Å². The summed E-state index contributed by atoms with van der Waals surface area (Å²) in [5, 5.41) is 6.49. The lowest BCUT2D eigenvalue weighted by molar-refractivity contribution is -0.115. The van der Waals surface area contributed by atoms with Gasteiger partial charge < -0.3 is 24.1 Å². The fourth-order valence-corrected chi connectivity index (χ4v) is 3.03. The minimum Gasteiger partial charge on any atom is -0.495 e. The Morgan fingerprint density at radius 3 is 2.53 bits per heavy atom. The maximum absolute atomic E-state index is 12.4. The molecule has 1 N–H and O–H groups in total. The Labute approximate surface area is 195 Å². The number of hydrogen-bond acceptors (Lipinski definition) is 8. The van der Waals surface area contributed by atoms with E-state index in [2.05, 4.69) is 15.5 Å². The maximum Gasteiger partial charge on any atom is 0.338 e. The van der Waals surface area contributed by atoms with Crippen molar-refractivity contribution < 1.29 is 28.3 Å². The SMILES string of the molecule is COc1ccccc1NC(=O)Cc1noc(COC(=O)c2cccc(Oc3ccccc3)c2)n1. The Kier molecular flexibility index (Phi) is 7.14. The molecule has 4 rings (SSSR count). The number of hydrogen-bond donors (Lipinski definition) is 1. The second kappa shape index (κ2) is 10.8. The number of amides is 1. The summed E-state index contributed by atoms with van der Waals surface area (Å²) in [6.07, 6.45) is -0.117. The number of rotatable bonds is 9. The van der Waals surface area contributed by atoms with E-state index >= 15 is 0 Å². The van der Waals surface area contributed by atoms with Gasteiger partial charge in [-0.25, -0.2) is 4.79 Å². The lowest BCUT2D eigenvalue weighted by Gasteiger charge is -2.08. The fourth-order valence-electron chi connectivity index (χ4n) is 3.03. The van der Waals surface area contributed by atoms with Gasteiger partial charge in [0.25, 0.3) is 5.89 Å². The Morgan fingerprint density at radius 1 is 0.941 bits per heavy atom. The number of anilines is 1. The van der Waals surface area contributed by atoms with Crippen LogP contribution in [-0.2, 0) is 22.6 Å². The van der Waals surface area contributed by atoms with Gasteiger partial charge in [0.05, 0.1) is 24.8 Å². The molecule has 9 heteroatoms. The number of carbonyl (C=O) groups is 2. The molecule has 0 fully saturated rings. The Morgan fingerprint density at radius 2 is 1.71 bits per heavy atom. The first-order valence-corrected chi connectivity index (χ1v) is 10.3. The third-order valence-corrected chi connectivity index (χ3v) is 4.59. The first kappa shape index (κ1) is 22.5. The van der Waals surface area contributed by atoms with Crippen LogP contribution < -0.4 is 14.8 Å². The fraction of sp³-hybridized carbons (Fsp3) is 0.120. The van der Waals surface area contributed by atoms with Crippen molar-refractivity contribution in [2.45, 2.75) is 13.0 Å². The van der Waals surface area contributed by atoms with Crippen molar-refractivity contribution in [1.82, 2.24) is 10.1 Å². The van der Waals surface area contributed by atoms with E-state index in [-0.39, 0.29) is 30.7 Å². The minimum atomic E-state index is -0.577. The molecule has 3 aromatic carbocycles. The predicted molar refractivity (Wildman–Crippen MR) is 122 cm³/mol. The van der Waals surface area contributed by atoms with Crippen LogP contribution in [0.2, 0.25) is 0 Å². The average Bonchev–Trinajstić information content (AvgIpc) is 3.30. The number of benzene rings is 3. The summed E-state index contributed by atoms with van der Waals surface area (Å²) in [5.41, 5.74) is 0.843. The molecule has 0 bridgehead atoms. The van der Waals surface area contributed by atoms with Crippen LogP contribution in [0.4, 0.5) is 5.69 Å². The van der Waals surface area contributed by atoms with Crippen LogP contribution in [0.5, 0.6) is 17.2 Å². The van der Waals surface area contributed by atoms with Gasteiger partial charge in [0, 0.05) is 0 Å². The second-order valence-electron chi connectivity index (χ2n) is 7.05. The maximum atomic E-state index is 12.4. The zero-order valence-electron chi connectivity index (χ0n) is 18.3. The highest BCUT2D eigenvalue weighted by Crippen LogP contribution is 2.24. The summed E-state index contributed by atoms with van der Waals surface area (Å²) in [6.45, 7) is -0.232. The molecule has 0 spiro atoms. The molecule has 1 amide bonds. The van der Waals surface area contributed by atoms with Gasteiger partial charge in [0.15, 0.2) is 12.4 Å². The zero-order valence-corrected chi connectivity index (χ0v) is 18.3. The molecule has 1 aromatic heterocycles. The lowest BCUT2D eigenvalue weighted by atomic mass is 10.2. The smallest absolute Gasteiger partial charge is 0.338 e. The van der Waals surface area contributed by atoms with Gasteiger partial charge in [0.1, 0.15) is 17.2 Å². The Bertz CT molecular complexity index is 1270. The van der Waals surface area contributed by atoms with Crippen molar-refractivity contribution in [1.29, 1.82) is 0 Å². The molecule has 0 aliphatic carbocycles. The average molecular weight is 459 g/mol. The van der Waals surface area contributed by atoms with Crippen LogP contribution in [0.1, 0.15) is 22.1 Å². The number of esters is 1. The predicted octanol–water partition coefficient (Wildman–Crippen LogP) is 4.41. The largest absolute Gasteiger partial charge is 0.495 e. The van der Waals surface area contributed by atoms with Crippen LogP contribution in [0.3, 0.4) is 0 Å². The monoisotopic (exact) mass is 459 g/mol. The second-order valence-corrected chi connectivity index (χ2v) is 7.05. The van der Waals surface area contributed by atoms with Crippen molar-refractivity contribution in [3.05, 3.63) is 96.1 Å². The molecule has 4 aromatic rings. The quantitative estimate of drug-likeness (QED) is 0.366. The van der Waals surface area contributed by atoms with Crippen molar-refractivity contribution in [3.8, 4) is 17.2 Å². The topological polar surface area (TPSA) is 113 Å². The molecule has 0 aliphatic rings. The van der Waals surface area contributed by atoms with Crippen molar-refractivity contribution in [3.63, 3.8) is 0 Å². The highest BCUT2D eigenvalue weighted by molar-refractivity contribution is 5.93. The van der Waals surface area contributed by atoms with Gasteiger partial charge in [-0.1, -0.05) is 41.6 Å². The van der Waals surface area contributed by atoms with Crippen LogP contribution in [0.15, 0.2) is 83.4 Å². The van der Waals surface area contributed by atoms with Crippen molar-refractivity contribution >= 4 is 17.6 Å². The zero-order chi connectivity index (χ0) is 23.8. The highest BCUT2D eigenvalue weighted by atomic mass is 16.6. The number of ether oxygens (including phenoxy) is 3. The number of nitrogens with zero attached hydrogens (tertiary/aromatic N) is 2. The van der Waals surface area contributed by atoms with E-state index in [9.17, 15) is 9.59 Å². The lowest BCUT2D eigenvalue weighted by Crippen LogP contribution is -2.15. The molecule has 9 nitrogen and oxygen atoms in total. The molecule has 0 aliphatic heterocycles. The van der Waals surface area contributed by atoms with E-state index in [1.807, 2.05) is 30.3 Å². The molecule has 1 heterocycles. The molecule has 0 radical (unpaired) electrons. The highest BCUT2D eigenvalue weighted by Gasteiger charge is 2.15. The number of carbonyl (C=O) groups excluding carboxylic acids is 2. The van der Waals surface area contributed by atoms with Gasteiger partial charge >= 0.3 is 5.97 Å². The van der Waals surface area contributed by atoms with Gasteiger partial charge in [-0.05, 0) is 42.5 Å². The van der Waals surface area contributed by atoms with Crippen LogP contribution in [0, 0.1) is 0 Å². The third kappa shape index (κ3) is 5.98. The van der Waals surface area contributed by atoms with Crippen LogP contribution >= 0.6 is 0 Å². The summed E-state index contributed by atoms with van der Waals surface area (Å²) < 4.78 is 21.3. The Hall–Kier alpha value is -4.66. The molecule has 0 saturated heterocycles. The van der Waals surface area contributed by atoms with Crippen molar-refractivity contribution in [2.24, 2.45) is 0 Å². The summed E-state index contributed by atoms with van der Waals surface area (Å²) >= 11 is 0. The minimum absolute atomic E-state index is 0.0742.